The van der Waals surface area contributed by atoms with Crippen LogP contribution in [0.3, 0.4) is 0 Å². The van der Waals surface area contributed by atoms with Crippen LogP contribution in [0.25, 0.3) is 0 Å². The van der Waals surface area contributed by atoms with Crippen molar-refractivity contribution >= 4 is 10.2 Å². The molecular formula is C15H24N2O5S. The highest BCUT2D eigenvalue weighted by Crippen LogP contribution is 2.37. The Hall–Kier alpha value is -1.03. The Bertz CT molecular complexity index is 622. The van der Waals surface area contributed by atoms with Crippen molar-refractivity contribution in [3.8, 4) is 0 Å². The Morgan fingerprint density at radius 2 is 1.96 bits per heavy atom. The summed E-state index contributed by atoms with van der Waals surface area (Å²) in [6.45, 7) is 1.37. The fourth-order valence-electron chi connectivity index (χ4n) is 2.65. The zero-order valence-corrected chi connectivity index (χ0v) is 14.3. The molecule has 0 saturated carbocycles. The summed E-state index contributed by atoms with van der Waals surface area (Å²) in [5, 5.41) is 21.1. The molecule has 1 aromatic rings. The molecule has 0 amide bonds. The van der Waals surface area contributed by atoms with E-state index in [2.05, 4.69) is 4.72 Å². The smallest absolute Gasteiger partial charge is 0.279 e. The van der Waals surface area contributed by atoms with Crippen molar-refractivity contribution < 1.29 is 23.4 Å². The molecule has 4 atom stereocenters. The average molecular weight is 344 g/mol. The first-order chi connectivity index (χ1) is 10.7. The molecule has 0 aromatic heterocycles. The Morgan fingerprint density at radius 1 is 1.35 bits per heavy atom. The van der Waals surface area contributed by atoms with Crippen LogP contribution in [0.15, 0.2) is 30.3 Å². The summed E-state index contributed by atoms with van der Waals surface area (Å²) in [7, 11) is -0.905. The first-order valence-electron chi connectivity index (χ1n) is 7.44. The van der Waals surface area contributed by atoms with Gasteiger partial charge in [-0.2, -0.15) is 17.4 Å². The second kappa shape index (κ2) is 6.84. The quantitative estimate of drug-likeness (QED) is 0.700. The lowest BCUT2D eigenvalue weighted by Gasteiger charge is -2.44. The number of aliphatic hydroxyl groups excluding tert-OH is 1. The minimum absolute atomic E-state index is 0.0957. The number of hydrogen-bond acceptors (Lipinski definition) is 5. The van der Waals surface area contributed by atoms with Crippen LogP contribution in [-0.2, 0) is 14.9 Å². The van der Waals surface area contributed by atoms with E-state index in [-0.39, 0.29) is 13.0 Å². The molecule has 2 rings (SSSR count). The average Bonchev–Trinajstić information content (AvgIpc) is 2.51. The normalized spacial score (nSPS) is 32.2. The van der Waals surface area contributed by atoms with Crippen molar-refractivity contribution in [2.24, 2.45) is 0 Å². The van der Waals surface area contributed by atoms with Crippen molar-refractivity contribution in [3.63, 3.8) is 0 Å². The van der Waals surface area contributed by atoms with Gasteiger partial charge >= 0.3 is 0 Å². The van der Waals surface area contributed by atoms with Crippen LogP contribution < -0.4 is 4.72 Å². The highest BCUT2D eigenvalue weighted by Gasteiger charge is 2.47. The van der Waals surface area contributed by atoms with Gasteiger partial charge in [-0.3, -0.25) is 0 Å². The van der Waals surface area contributed by atoms with Gasteiger partial charge in [0.25, 0.3) is 10.2 Å². The second-order valence-corrected chi connectivity index (χ2v) is 8.07. The fraction of sp³-hybridized carbons (Fsp3) is 0.600. The lowest BCUT2D eigenvalue weighted by Crippen LogP contribution is -2.60. The maximum absolute atomic E-state index is 11.8. The van der Waals surface area contributed by atoms with E-state index in [1.54, 1.807) is 6.92 Å². The van der Waals surface area contributed by atoms with Crippen molar-refractivity contribution in [3.05, 3.63) is 35.9 Å². The van der Waals surface area contributed by atoms with Gasteiger partial charge in [0, 0.05) is 27.1 Å². The van der Waals surface area contributed by atoms with Gasteiger partial charge in [-0.1, -0.05) is 30.3 Å². The molecule has 1 aliphatic heterocycles. The SMILES string of the molecule is C[C@H]1O[C@@H](c2ccccc2)C[C@@](O)(CNS(=O)(=O)N(C)C)[C@@H]1O. The van der Waals surface area contributed by atoms with Gasteiger partial charge < -0.3 is 14.9 Å². The molecule has 8 heteroatoms. The summed E-state index contributed by atoms with van der Waals surface area (Å²) in [6, 6.07) is 9.35. The van der Waals surface area contributed by atoms with E-state index in [1.165, 1.54) is 14.1 Å². The van der Waals surface area contributed by atoms with Crippen LogP contribution >= 0.6 is 0 Å². The number of nitrogens with one attached hydrogen (secondary N) is 1. The third kappa shape index (κ3) is 4.09. The number of rotatable bonds is 5. The zero-order chi connectivity index (χ0) is 17.3. The third-order valence-electron chi connectivity index (χ3n) is 4.13. The molecule has 0 spiro atoms. The van der Waals surface area contributed by atoms with E-state index in [1.807, 2.05) is 30.3 Å². The molecule has 1 aromatic carbocycles. The van der Waals surface area contributed by atoms with Gasteiger partial charge in [0.05, 0.1) is 12.2 Å². The van der Waals surface area contributed by atoms with Crippen LogP contribution in [0.1, 0.15) is 25.0 Å². The lowest BCUT2D eigenvalue weighted by molar-refractivity contribution is -0.209. The highest BCUT2D eigenvalue weighted by atomic mass is 32.2. The van der Waals surface area contributed by atoms with Crippen LogP contribution in [0, 0.1) is 0 Å². The molecule has 1 heterocycles. The summed E-state index contributed by atoms with van der Waals surface area (Å²) in [5.41, 5.74) is -0.735. The molecule has 130 valence electrons. The first kappa shape index (κ1) is 18.3. The van der Waals surface area contributed by atoms with Gasteiger partial charge in [-0.05, 0) is 12.5 Å². The molecule has 3 N–H and O–H groups in total. The van der Waals surface area contributed by atoms with Crippen LogP contribution in [0.4, 0.5) is 0 Å². The summed E-state index contributed by atoms with van der Waals surface area (Å²) >= 11 is 0. The molecular weight excluding hydrogens is 320 g/mol. The van der Waals surface area contributed by atoms with Crippen molar-refractivity contribution in [1.82, 2.24) is 9.03 Å². The van der Waals surface area contributed by atoms with Gasteiger partial charge in [0.2, 0.25) is 0 Å². The van der Waals surface area contributed by atoms with Gasteiger partial charge in [0.15, 0.2) is 0 Å². The maximum atomic E-state index is 11.8. The number of benzene rings is 1. The zero-order valence-electron chi connectivity index (χ0n) is 13.5. The van der Waals surface area contributed by atoms with E-state index in [0.717, 1.165) is 9.87 Å². The summed E-state index contributed by atoms with van der Waals surface area (Å²) < 4.78 is 32.8. The Balaban J connectivity index is 2.18. The fourth-order valence-corrected chi connectivity index (χ4v) is 3.34. The predicted octanol–water partition coefficient (Wildman–Crippen LogP) is 0.0245. The Kier molecular flexibility index (Phi) is 5.44. The number of nitrogens with zero attached hydrogens (tertiary/aromatic N) is 1. The van der Waals surface area contributed by atoms with Gasteiger partial charge in [0.1, 0.15) is 11.7 Å². The third-order valence-corrected chi connectivity index (χ3v) is 5.60. The van der Waals surface area contributed by atoms with Crippen molar-refractivity contribution in [1.29, 1.82) is 0 Å². The van der Waals surface area contributed by atoms with Crippen molar-refractivity contribution in [2.75, 3.05) is 20.6 Å². The largest absolute Gasteiger partial charge is 0.387 e. The minimum atomic E-state index is -3.69. The number of aliphatic hydroxyl groups is 2. The molecule has 1 fully saturated rings. The van der Waals surface area contributed by atoms with E-state index in [4.69, 9.17) is 4.74 Å². The summed E-state index contributed by atoms with van der Waals surface area (Å²) in [4.78, 5) is 0. The van der Waals surface area contributed by atoms with Gasteiger partial charge in [-0.15, -0.1) is 0 Å². The first-order valence-corrected chi connectivity index (χ1v) is 8.88. The number of hydrogen-bond donors (Lipinski definition) is 3. The topological polar surface area (TPSA) is 99.1 Å². The molecule has 23 heavy (non-hydrogen) atoms. The molecule has 0 unspecified atom stereocenters. The van der Waals surface area contributed by atoms with E-state index in [9.17, 15) is 18.6 Å². The predicted molar refractivity (Wildman–Crippen MR) is 85.9 cm³/mol. The lowest BCUT2D eigenvalue weighted by atomic mass is 9.82. The van der Waals surface area contributed by atoms with Crippen LogP contribution in [0.5, 0.6) is 0 Å². The van der Waals surface area contributed by atoms with Crippen LogP contribution in [0.2, 0.25) is 0 Å². The maximum Gasteiger partial charge on any atom is 0.279 e. The van der Waals surface area contributed by atoms with Gasteiger partial charge in [-0.25, -0.2) is 0 Å². The minimum Gasteiger partial charge on any atom is -0.387 e. The molecule has 0 aliphatic carbocycles. The summed E-state index contributed by atoms with van der Waals surface area (Å²) in [6.07, 6.45) is -2.13. The highest BCUT2D eigenvalue weighted by molar-refractivity contribution is 7.87. The monoisotopic (exact) mass is 344 g/mol. The molecule has 7 nitrogen and oxygen atoms in total. The molecule has 0 radical (unpaired) electrons. The Morgan fingerprint density at radius 3 is 2.52 bits per heavy atom. The molecule has 1 saturated heterocycles. The Labute approximate surface area is 137 Å². The molecule has 1 aliphatic rings. The van der Waals surface area contributed by atoms with E-state index >= 15 is 0 Å². The number of ether oxygens (including phenoxy) is 1. The molecule has 0 bridgehead atoms. The summed E-state index contributed by atoms with van der Waals surface area (Å²) in [5.74, 6) is 0. The standard InChI is InChI=1S/C15H24N2O5S/c1-11-14(18)15(19,10-16-23(20,21)17(2)3)9-13(22-11)12-7-5-4-6-8-12/h4-8,11,13-14,16,18-19H,9-10H2,1-3H3/t11-,13-,14-,15-/m1/s1. The van der Waals surface area contributed by atoms with E-state index in [0.29, 0.717) is 0 Å². The second-order valence-electron chi connectivity index (χ2n) is 6.10. The van der Waals surface area contributed by atoms with Crippen molar-refractivity contribution in [2.45, 2.75) is 37.3 Å². The van der Waals surface area contributed by atoms with E-state index < -0.39 is 34.1 Å². The van der Waals surface area contributed by atoms with Crippen LogP contribution in [-0.4, -0.2) is 61.4 Å².